The lowest BCUT2D eigenvalue weighted by molar-refractivity contribution is -0.129. The first-order chi connectivity index (χ1) is 18.5. The lowest BCUT2D eigenvalue weighted by atomic mass is 9.92. The highest BCUT2D eigenvalue weighted by molar-refractivity contribution is 5.92. The molecule has 0 bridgehead atoms. The number of nitrogens with zero attached hydrogens (tertiary/aromatic N) is 1. The monoisotopic (exact) mass is 519 g/mol. The van der Waals surface area contributed by atoms with Crippen molar-refractivity contribution < 1.29 is 33.2 Å². The fraction of sp³-hybridized carbons (Fsp3) is 0.300. The van der Waals surface area contributed by atoms with Gasteiger partial charge in [0.15, 0.2) is 23.0 Å². The highest BCUT2D eigenvalue weighted by atomic mass is 16.5. The van der Waals surface area contributed by atoms with E-state index in [4.69, 9.17) is 28.4 Å². The van der Waals surface area contributed by atoms with Gasteiger partial charge in [-0.2, -0.15) is 0 Å². The normalized spacial score (nSPS) is 14.6. The summed E-state index contributed by atoms with van der Waals surface area (Å²) in [4.78, 5) is 15.3. The number of hydrogen-bond donors (Lipinski definition) is 0. The molecule has 1 aliphatic heterocycles. The Bertz CT molecular complexity index is 1290. The SMILES string of the molecule is COc1ccc(OCC2c3cc(OC)c(OC)cc3CCN2C(=O)/C=C/c2ccc(OC)c(OC)c2)cc1. The first kappa shape index (κ1) is 26.7. The van der Waals surface area contributed by atoms with Crippen molar-refractivity contribution in [2.75, 3.05) is 48.7 Å². The lowest BCUT2D eigenvalue weighted by Crippen LogP contribution is -2.41. The van der Waals surface area contributed by atoms with E-state index in [1.54, 1.807) is 47.7 Å². The van der Waals surface area contributed by atoms with Crippen LogP contribution in [0.5, 0.6) is 34.5 Å². The summed E-state index contributed by atoms with van der Waals surface area (Å²) in [6.07, 6.45) is 4.04. The van der Waals surface area contributed by atoms with E-state index in [2.05, 4.69) is 0 Å². The van der Waals surface area contributed by atoms with Gasteiger partial charge in [0, 0.05) is 12.6 Å². The highest BCUT2D eigenvalue weighted by Crippen LogP contribution is 2.39. The van der Waals surface area contributed by atoms with E-state index in [0.717, 1.165) is 22.4 Å². The van der Waals surface area contributed by atoms with Crippen LogP contribution in [0.1, 0.15) is 22.7 Å². The summed E-state index contributed by atoms with van der Waals surface area (Å²) in [5, 5.41) is 0. The van der Waals surface area contributed by atoms with Gasteiger partial charge in [-0.1, -0.05) is 6.07 Å². The zero-order valence-corrected chi connectivity index (χ0v) is 22.4. The van der Waals surface area contributed by atoms with Crippen molar-refractivity contribution in [1.82, 2.24) is 4.90 Å². The van der Waals surface area contributed by atoms with Crippen LogP contribution in [0.3, 0.4) is 0 Å². The largest absolute Gasteiger partial charge is 0.497 e. The first-order valence-corrected chi connectivity index (χ1v) is 12.2. The molecule has 4 rings (SSSR count). The molecule has 0 saturated carbocycles. The summed E-state index contributed by atoms with van der Waals surface area (Å²) >= 11 is 0. The molecular formula is C30H33NO7. The van der Waals surface area contributed by atoms with Gasteiger partial charge in [-0.3, -0.25) is 4.79 Å². The average molecular weight is 520 g/mol. The fourth-order valence-electron chi connectivity index (χ4n) is 4.54. The maximum absolute atomic E-state index is 13.5. The number of fused-ring (bicyclic) bond motifs is 1. The van der Waals surface area contributed by atoms with Crippen molar-refractivity contribution in [2.45, 2.75) is 12.5 Å². The molecule has 38 heavy (non-hydrogen) atoms. The molecule has 1 heterocycles. The molecule has 0 N–H and O–H groups in total. The number of amides is 1. The van der Waals surface area contributed by atoms with E-state index in [1.165, 1.54) is 0 Å². The molecule has 8 heteroatoms. The molecular weight excluding hydrogens is 486 g/mol. The van der Waals surface area contributed by atoms with Crippen molar-refractivity contribution in [2.24, 2.45) is 0 Å². The minimum Gasteiger partial charge on any atom is -0.497 e. The van der Waals surface area contributed by atoms with E-state index in [9.17, 15) is 4.79 Å². The van der Waals surface area contributed by atoms with Crippen molar-refractivity contribution in [1.29, 1.82) is 0 Å². The zero-order valence-electron chi connectivity index (χ0n) is 22.4. The van der Waals surface area contributed by atoms with Crippen molar-refractivity contribution in [3.63, 3.8) is 0 Å². The standard InChI is InChI=1S/C30H33NO7/c1-33-22-8-10-23(11-9-22)38-19-25-24-18-29(37-5)28(36-4)17-21(24)14-15-31(25)30(32)13-7-20-6-12-26(34-2)27(16-20)35-3/h6-13,16-18,25H,14-15,19H2,1-5H3/b13-7+. The maximum Gasteiger partial charge on any atom is 0.247 e. The van der Waals surface area contributed by atoms with Crippen molar-refractivity contribution in [3.8, 4) is 34.5 Å². The number of carbonyl (C=O) groups excluding carboxylic acids is 1. The van der Waals surface area contributed by atoms with E-state index in [1.807, 2.05) is 59.5 Å². The number of ether oxygens (including phenoxy) is 6. The van der Waals surface area contributed by atoms with Crippen LogP contribution in [-0.4, -0.2) is 59.5 Å². The third kappa shape index (κ3) is 5.80. The Morgan fingerprint density at radius 3 is 2.08 bits per heavy atom. The van der Waals surface area contributed by atoms with Gasteiger partial charge in [0.25, 0.3) is 0 Å². The second-order valence-corrected chi connectivity index (χ2v) is 8.64. The molecule has 8 nitrogen and oxygen atoms in total. The Balaban J connectivity index is 1.62. The van der Waals surface area contributed by atoms with Gasteiger partial charge >= 0.3 is 0 Å². The number of methoxy groups -OCH3 is 5. The van der Waals surface area contributed by atoms with Gasteiger partial charge in [-0.05, 0) is 77.7 Å². The molecule has 1 aliphatic rings. The molecule has 1 unspecified atom stereocenters. The van der Waals surface area contributed by atoms with E-state index >= 15 is 0 Å². The van der Waals surface area contributed by atoms with Gasteiger partial charge in [0.2, 0.25) is 5.91 Å². The number of carbonyl (C=O) groups is 1. The van der Waals surface area contributed by atoms with E-state index < -0.39 is 0 Å². The Kier molecular flexibility index (Phi) is 8.63. The molecule has 0 saturated heterocycles. The predicted octanol–water partition coefficient (Wildman–Crippen LogP) is 4.95. The van der Waals surface area contributed by atoms with Crippen molar-refractivity contribution in [3.05, 3.63) is 77.4 Å². The summed E-state index contributed by atoms with van der Waals surface area (Å²) in [6, 6.07) is 16.5. The van der Waals surface area contributed by atoms with Crippen LogP contribution in [0.15, 0.2) is 60.7 Å². The van der Waals surface area contributed by atoms with Crippen LogP contribution in [-0.2, 0) is 11.2 Å². The van der Waals surface area contributed by atoms with E-state index in [0.29, 0.717) is 41.7 Å². The van der Waals surface area contributed by atoms with Gasteiger partial charge < -0.3 is 33.3 Å². The van der Waals surface area contributed by atoms with Crippen LogP contribution in [0, 0.1) is 0 Å². The number of benzene rings is 3. The summed E-state index contributed by atoms with van der Waals surface area (Å²) in [7, 11) is 8.01. The average Bonchev–Trinajstić information content (AvgIpc) is 2.97. The summed E-state index contributed by atoms with van der Waals surface area (Å²) in [5.41, 5.74) is 2.89. The molecule has 0 aromatic heterocycles. The van der Waals surface area contributed by atoms with Gasteiger partial charge in [0.05, 0.1) is 41.6 Å². The topological polar surface area (TPSA) is 75.7 Å². The van der Waals surface area contributed by atoms with Crippen LogP contribution < -0.4 is 28.4 Å². The van der Waals surface area contributed by atoms with Crippen LogP contribution in [0.25, 0.3) is 6.08 Å². The van der Waals surface area contributed by atoms with Crippen LogP contribution >= 0.6 is 0 Å². The molecule has 1 atom stereocenters. The highest BCUT2D eigenvalue weighted by Gasteiger charge is 2.32. The lowest BCUT2D eigenvalue weighted by Gasteiger charge is -2.37. The van der Waals surface area contributed by atoms with Crippen LogP contribution in [0.4, 0.5) is 0 Å². The Hall–Kier alpha value is -4.33. The minimum atomic E-state index is -0.330. The van der Waals surface area contributed by atoms with Gasteiger partial charge in [-0.15, -0.1) is 0 Å². The molecule has 200 valence electrons. The Morgan fingerprint density at radius 1 is 0.789 bits per heavy atom. The molecule has 0 spiro atoms. The molecule has 3 aromatic rings. The fourth-order valence-corrected chi connectivity index (χ4v) is 4.54. The van der Waals surface area contributed by atoms with Crippen molar-refractivity contribution >= 4 is 12.0 Å². The second kappa shape index (κ2) is 12.3. The molecule has 0 aliphatic carbocycles. The smallest absolute Gasteiger partial charge is 0.247 e. The molecule has 3 aromatic carbocycles. The molecule has 0 radical (unpaired) electrons. The third-order valence-corrected chi connectivity index (χ3v) is 6.58. The summed E-state index contributed by atoms with van der Waals surface area (Å²) in [5.74, 6) is 3.80. The summed E-state index contributed by atoms with van der Waals surface area (Å²) in [6.45, 7) is 0.805. The summed E-state index contributed by atoms with van der Waals surface area (Å²) < 4.78 is 33.2. The number of hydrogen-bond acceptors (Lipinski definition) is 7. The Labute approximate surface area is 223 Å². The molecule has 1 amide bonds. The van der Waals surface area contributed by atoms with E-state index in [-0.39, 0.29) is 18.6 Å². The van der Waals surface area contributed by atoms with Crippen LogP contribution in [0.2, 0.25) is 0 Å². The van der Waals surface area contributed by atoms with Gasteiger partial charge in [0.1, 0.15) is 18.1 Å². The number of rotatable bonds is 10. The quantitative estimate of drug-likeness (QED) is 0.351. The maximum atomic E-state index is 13.5. The molecule has 0 fully saturated rings. The third-order valence-electron chi connectivity index (χ3n) is 6.58. The Morgan fingerprint density at radius 2 is 1.42 bits per heavy atom. The second-order valence-electron chi connectivity index (χ2n) is 8.64. The van der Waals surface area contributed by atoms with Gasteiger partial charge in [-0.25, -0.2) is 0 Å². The minimum absolute atomic E-state index is 0.122. The predicted molar refractivity (Wildman–Crippen MR) is 145 cm³/mol. The zero-order chi connectivity index (χ0) is 27.1. The first-order valence-electron chi connectivity index (χ1n) is 12.2.